The number of nitrogens with two attached hydrogens (primary N) is 1. The average molecular weight is 371 g/mol. The Hall–Kier alpha value is -2.61. The van der Waals surface area contributed by atoms with Gasteiger partial charge in [0.2, 0.25) is 5.91 Å². The molecule has 1 aromatic carbocycles. The first-order valence-corrected chi connectivity index (χ1v) is 7.62. The fourth-order valence-corrected chi connectivity index (χ4v) is 2.52. The Labute approximate surface area is 149 Å². The fourth-order valence-electron chi connectivity index (χ4n) is 2.30. The molecule has 0 saturated heterocycles. The minimum atomic E-state index is -1.43. The second-order valence-electron chi connectivity index (χ2n) is 5.22. The minimum Gasteiger partial charge on any atom is -0.468 e. The molecule has 1 rings (SSSR count). The molecule has 3 N–H and O–H groups in total. The number of rotatable bonds is 7. The second kappa shape index (κ2) is 9.03. The van der Waals surface area contributed by atoms with Crippen LogP contribution in [-0.4, -0.2) is 44.0 Å². The van der Waals surface area contributed by atoms with E-state index in [1.807, 2.05) is 0 Å². The number of ether oxygens (including phenoxy) is 2. The minimum absolute atomic E-state index is 0.121. The highest BCUT2D eigenvalue weighted by atomic mass is 35.5. The van der Waals surface area contributed by atoms with E-state index in [4.69, 9.17) is 17.3 Å². The summed E-state index contributed by atoms with van der Waals surface area (Å²) in [5.41, 5.74) is 5.45. The summed E-state index contributed by atoms with van der Waals surface area (Å²) in [7, 11) is 2.18. The maximum atomic E-state index is 12.4. The maximum Gasteiger partial charge on any atom is 0.320 e. The molecule has 0 saturated carbocycles. The number of hydrogen-bond acceptors (Lipinski definition) is 6. The van der Waals surface area contributed by atoms with E-state index in [1.165, 1.54) is 19.1 Å². The molecule has 2 amide bonds. The van der Waals surface area contributed by atoms with Crippen LogP contribution in [0.15, 0.2) is 24.3 Å². The van der Waals surface area contributed by atoms with Crippen LogP contribution in [0.3, 0.4) is 0 Å². The number of hydrogen-bond donors (Lipinski definition) is 2. The average Bonchev–Trinajstić information content (AvgIpc) is 2.58. The van der Waals surface area contributed by atoms with Crippen molar-refractivity contribution in [1.29, 1.82) is 0 Å². The molecule has 9 heteroatoms. The molecule has 0 aromatic heterocycles. The molecule has 0 aliphatic carbocycles. The van der Waals surface area contributed by atoms with Crippen LogP contribution < -0.4 is 11.1 Å². The largest absolute Gasteiger partial charge is 0.468 e. The standard InChI is InChI=1S/C16H19ClN2O6/c1-8(11(15(22)24-2)16(23)25-3)12(13(18)20)19-14(21)9-6-4-5-7-10(9)17/h4-8,11-12H,1-3H3,(H2,18,20)(H,19,21)/t8-,12-/m0/s1. The van der Waals surface area contributed by atoms with E-state index in [0.29, 0.717) is 0 Å². The van der Waals surface area contributed by atoms with Crippen molar-refractivity contribution in [2.24, 2.45) is 17.6 Å². The van der Waals surface area contributed by atoms with Crippen molar-refractivity contribution < 1.29 is 28.7 Å². The molecule has 0 fully saturated rings. The molecule has 0 radical (unpaired) electrons. The van der Waals surface area contributed by atoms with Gasteiger partial charge >= 0.3 is 11.9 Å². The maximum absolute atomic E-state index is 12.4. The van der Waals surface area contributed by atoms with Gasteiger partial charge in [-0.25, -0.2) is 0 Å². The lowest BCUT2D eigenvalue weighted by Crippen LogP contribution is -2.52. The van der Waals surface area contributed by atoms with Crippen LogP contribution >= 0.6 is 11.6 Å². The lowest BCUT2D eigenvalue weighted by Gasteiger charge is -2.26. The van der Waals surface area contributed by atoms with Gasteiger partial charge in [-0.1, -0.05) is 30.7 Å². The lowest BCUT2D eigenvalue weighted by atomic mass is 9.86. The predicted octanol–water partition coefficient (Wildman–Crippen LogP) is 0.522. The summed E-state index contributed by atoms with van der Waals surface area (Å²) in [5, 5.41) is 2.57. The number of nitrogens with one attached hydrogen (secondary N) is 1. The first-order valence-electron chi connectivity index (χ1n) is 7.24. The first-order chi connectivity index (χ1) is 11.7. The summed E-state index contributed by atoms with van der Waals surface area (Å²) in [6.07, 6.45) is 0. The third kappa shape index (κ3) is 4.93. The van der Waals surface area contributed by atoms with Crippen molar-refractivity contribution in [3.63, 3.8) is 0 Å². The number of carbonyl (C=O) groups excluding carboxylic acids is 4. The topological polar surface area (TPSA) is 125 Å². The highest BCUT2D eigenvalue weighted by Gasteiger charge is 2.41. The molecule has 2 atom stereocenters. The van der Waals surface area contributed by atoms with Gasteiger partial charge in [0.15, 0.2) is 5.92 Å². The van der Waals surface area contributed by atoms with E-state index in [-0.39, 0.29) is 10.6 Å². The molecule has 1 aromatic rings. The summed E-state index contributed by atoms with van der Waals surface area (Å²) >= 11 is 5.94. The number of carbonyl (C=O) groups is 4. The van der Waals surface area contributed by atoms with E-state index < -0.39 is 41.6 Å². The Morgan fingerprint density at radius 2 is 1.60 bits per heavy atom. The molecule has 0 spiro atoms. The Morgan fingerprint density at radius 3 is 2.04 bits per heavy atom. The van der Waals surface area contributed by atoms with E-state index in [9.17, 15) is 19.2 Å². The van der Waals surface area contributed by atoms with Gasteiger partial charge in [-0.2, -0.15) is 0 Å². The smallest absolute Gasteiger partial charge is 0.320 e. The number of benzene rings is 1. The van der Waals surface area contributed by atoms with Crippen LogP contribution in [0.1, 0.15) is 17.3 Å². The van der Waals surface area contributed by atoms with E-state index in [1.54, 1.807) is 12.1 Å². The van der Waals surface area contributed by atoms with E-state index in [2.05, 4.69) is 14.8 Å². The Balaban J connectivity index is 3.11. The lowest BCUT2D eigenvalue weighted by molar-refractivity contribution is -0.161. The van der Waals surface area contributed by atoms with Crippen LogP contribution in [0.2, 0.25) is 5.02 Å². The van der Waals surface area contributed by atoms with Crippen molar-refractivity contribution in [3.05, 3.63) is 34.9 Å². The highest BCUT2D eigenvalue weighted by molar-refractivity contribution is 6.33. The molecule has 0 heterocycles. The summed E-state index contributed by atoms with van der Waals surface area (Å²) in [5.74, 6) is -5.85. The summed E-state index contributed by atoms with van der Waals surface area (Å²) in [6, 6.07) is 4.86. The molecule has 25 heavy (non-hydrogen) atoms. The van der Waals surface area contributed by atoms with Crippen LogP contribution in [0.4, 0.5) is 0 Å². The zero-order chi connectivity index (χ0) is 19.1. The van der Waals surface area contributed by atoms with Gasteiger partial charge in [-0.05, 0) is 12.1 Å². The summed E-state index contributed by atoms with van der Waals surface area (Å²) in [6.45, 7) is 1.40. The van der Waals surface area contributed by atoms with Crippen molar-refractivity contribution in [3.8, 4) is 0 Å². The number of primary amides is 1. The van der Waals surface area contributed by atoms with Gasteiger partial charge in [-0.3, -0.25) is 19.2 Å². The Kier molecular flexibility index (Phi) is 7.38. The predicted molar refractivity (Wildman–Crippen MR) is 88.6 cm³/mol. The molecule has 0 aliphatic heterocycles. The van der Waals surface area contributed by atoms with Gasteiger partial charge < -0.3 is 20.5 Å². The first kappa shape index (κ1) is 20.4. The highest BCUT2D eigenvalue weighted by Crippen LogP contribution is 2.21. The molecule has 0 aliphatic rings. The Bertz CT molecular complexity index is 662. The molecule has 0 unspecified atom stereocenters. The van der Waals surface area contributed by atoms with Gasteiger partial charge in [0, 0.05) is 5.92 Å². The van der Waals surface area contributed by atoms with Crippen LogP contribution in [0.5, 0.6) is 0 Å². The zero-order valence-corrected chi connectivity index (χ0v) is 14.7. The summed E-state index contributed by atoms with van der Waals surface area (Å²) < 4.78 is 9.14. The Morgan fingerprint density at radius 1 is 1.08 bits per heavy atom. The molecule has 0 bridgehead atoms. The van der Waals surface area contributed by atoms with E-state index >= 15 is 0 Å². The van der Waals surface area contributed by atoms with Gasteiger partial charge in [0.1, 0.15) is 6.04 Å². The summed E-state index contributed by atoms with van der Waals surface area (Å²) in [4.78, 5) is 47.9. The molecule has 136 valence electrons. The van der Waals surface area contributed by atoms with Crippen molar-refractivity contribution in [1.82, 2.24) is 5.32 Å². The number of esters is 2. The third-order valence-electron chi connectivity index (χ3n) is 3.67. The van der Waals surface area contributed by atoms with Crippen molar-refractivity contribution >= 4 is 35.4 Å². The van der Waals surface area contributed by atoms with Crippen LogP contribution in [-0.2, 0) is 23.9 Å². The van der Waals surface area contributed by atoms with Gasteiger partial charge in [0.05, 0.1) is 24.8 Å². The molecular weight excluding hydrogens is 352 g/mol. The molecule has 8 nitrogen and oxygen atoms in total. The van der Waals surface area contributed by atoms with Crippen molar-refractivity contribution in [2.75, 3.05) is 14.2 Å². The normalized spacial score (nSPS) is 12.8. The monoisotopic (exact) mass is 370 g/mol. The third-order valence-corrected chi connectivity index (χ3v) is 4.00. The molecular formula is C16H19ClN2O6. The fraction of sp³-hybridized carbons (Fsp3) is 0.375. The van der Waals surface area contributed by atoms with Crippen LogP contribution in [0.25, 0.3) is 0 Å². The SMILES string of the molecule is COC(=O)C(C(=O)OC)[C@H](C)[C@H](NC(=O)c1ccccc1Cl)C(N)=O. The van der Waals surface area contributed by atoms with Crippen molar-refractivity contribution in [2.45, 2.75) is 13.0 Å². The quantitative estimate of drug-likeness (QED) is 0.532. The van der Waals surface area contributed by atoms with Gasteiger partial charge in [0.25, 0.3) is 5.91 Å². The number of amides is 2. The van der Waals surface area contributed by atoms with E-state index in [0.717, 1.165) is 14.2 Å². The number of methoxy groups -OCH3 is 2. The van der Waals surface area contributed by atoms with Gasteiger partial charge in [-0.15, -0.1) is 0 Å². The number of halogens is 1. The zero-order valence-electron chi connectivity index (χ0n) is 13.9. The van der Waals surface area contributed by atoms with Crippen LogP contribution in [0, 0.1) is 11.8 Å². The second-order valence-corrected chi connectivity index (χ2v) is 5.62.